The molecule has 0 radical (unpaired) electrons. The van der Waals surface area contributed by atoms with E-state index >= 15 is 0 Å². The summed E-state index contributed by atoms with van der Waals surface area (Å²) in [6, 6.07) is 0. The maximum atomic E-state index is 4.79. The number of halogens is 2. The predicted molar refractivity (Wildman–Crippen MR) is 108 cm³/mol. The van der Waals surface area contributed by atoms with Crippen LogP contribution >= 0.6 is 69.2 Å². The molecular weight excluding hydrogens is 474 g/mol. The summed E-state index contributed by atoms with van der Waals surface area (Å²) in [7, 11) is 9.47. The Balaban J connectivity index is -0.0000000593. The summed E-state index contributed by atoms with van der Waals surface area (Å²) in [4.78, 5) is 0. The van der Waals surface area contributed by atoms with Crippen LogP contribution in [0.5, 0.6) is 0 Å². The summed E-state index contributed by atoms with van der Waals surface area (Å²) >= 11 is 17.3. The Morgan fingerprint density at radius 3 is 0.609 bits per heavy atom. The summed E-state index contributed by atoms with van der Waals surface area (Å²) in [6.07, 6.45) is 0. The first-order chi connectivity index (χ1) is 10.5. The van der Waals surface area contributed by atoms with Crippen LogP contribution in [0.4, 0.5) is 0 Å². The summed E-state index contributed by atoms with van der Waals surface area (Å²) < 4.78 is 0. The van der Waals surface area contributed by atoms with Crippen LogP contribution < -0.4 is 68.0 Å². The van der Waals surface area contributed by atoms with E-state index < -0.39 is 0 Å². The van der Waals surface area contributed by atoms with Gasteiger partial charge in [-0.2, -0.15) is 0 Å². The van der Waals surface area contributed by atoms with Gasteiger partial charge in [0.15, 0.2) is 20.4 Å². The molecule has 0 amide bonds. The van der Waals surface area contributed by atoms with Gasteiger partial charge in [-0.1, -0.05) is 0 Å². The molecule has 0 bridgehead atoms. The van der Waals surface area contributed by atoms with E-state index in [4.69, 9.17) is 43.2 Å². The predicted octanol–water partition coefficient (Wildman–Crippen LogP) is -3.85. The molecule has 0 unspecified atom stereocenters. The monoisotopic (exact) mass is 493 g/mol. The molecule has 0 aromatic heterocycles. The summed E-state index contributed by atoms with van der Waals surface area (Å²) in [5.41, 5.74) is 27.3. The third-order valence-electron chi connectivity index (χ3n) is 0.569. The van der Waals surface area contributed by atoms with Crippen molar-refractivity contribution in [3.63, 3.8) is 0 Å². The molecule has 23 heavy (non-hydrogen) atoms. The van der Waals surface area contributed by atoms with Crippen molar-refractivity contribution in [2.24, 2.45) is 46.3 Å². The minimum absolute atomic E-state index is 0.116. The van der Waals surface area contributed by atoms with Gasteiger partial charge in [0.25, 0.3) is 0 Å². The quantitative estimate of drug-likeness (QED) is 0.0874. The van der Waals surface area contributed by atoms with E-state index in [0.717, 1.165) is 0 Å². The molecule has 0 rings (SSSR count). The maximum absolute atomic E-state index is 4.79. The van der Waals surface area contributed by atoms with E-state index in [9.17, 15) is 0 Å². The molecule has 0 aromatic carbocycles. The zero-order chi connectivity index (χ0) is 19.8. The van der Waals surface area contributed by atoms with Gasteiger partial charge in [0, 0.05) is 0 Å². The number of rotatable bonds is 0. The summed E-state index contributed by atoms with van der Waals surface area (Å²) in [5.74, 6) is 18.6. The first-order valence-electron chi connectivity index (χ1n) is 4.38. The Labute approximate surface area is 169 Å². The fraction of sp³-hybridized carbons (Fsp3) is 0. The van der Waals surface area contributed by atoms with E-state index in [2.05, 4.69) is 72.2 Å². The van der Waals surface area contributed by atoms with Gasteiger partial charge in [-0.05, 0) is 48.9 Å². The van der Waals surface area contributed by atoms with E-state index in [1.54, 1.807) is 0 Å². The molecule has 0 heterocycles. The van der Waals surface area contributed by atoms with Crippen LogP contribution in [-0.4, -0.2) is 20.4 Å². The van der Waals surface area contributed by atoms with Crippen molar-refractivity contribution in [1.29, 1.82) is 0 Å². The summed E-state index contributed by atoms with van der Waals surface area (Å²) in [6.45, 7) is 0. The van der Waals surface area contributed by atoms with Crippen LogP contribution in [0.2, 0.25) is 0 Å². The van der Waals surface area contributed by atoms with Gasteiger partial charge in [-0.25, -0.2) is 23.4 Å². The van der Waals surface area contributed by atoms with Crippen molar-refractivity contribution < 1.29 is 12.9 Å². The molecule has 0 aliphatic heterocycles. The second-order valence-corrected chi connectivity index (χ2v) is 5.56. The molecule has 12 nitrogen and oxygen atoms in total. The molecule has 0 aliphatic carbocycles. The van der Waals surface area contributed by atoms with E-state index in [0.29, 0.717) is 12.9 Å². The number of hydrogen-bond donors (Lipinski definition) is 12. The van der Waals surface area contributed by atoms with Crippen molar-refractivity contribution in [1.82, 2.24) is 21.7 Å². The van der Waals surface area contributed by atoms with Gasteiger partial charge in [0.2, 0.25) is 0 Å². The zero-order valence-electron chi connectivity index (χ0n) is 11.3. The third kappa shape index (κ3) is 142. The SMILES string of the molecule is NNC(N)=S.NNC(N)=S.NNC(N)=S.NNC(N)=S.[Cl][Co][Cl]. The summed E-state index contributed by atoms with van der Waals surface area (Å²) in [5, 5.41) is 0.463. The second-order valence-electron chi connectivity index (χ2n) is 2.08. The van der Waals surface area contributed by atoms with Crippen LogP contribution in [0.1, 0.15) is 0 Å². The van der Waals surface area contributed by atoms with Gasteiger partial charge in [0.05, 0.1) is 0 Å². The molecule has 0 fully saturated rings. The minimum atomic E-state index is 0.116. The van der Waals surface area contributed by atoms with Crippen LogP contribution in [0.15, 0.2) is 0 Å². The number of thiocarbonyl (C=S) groups is 4. The van der Waals surface area contributed by atoms with E-state index in [1.807, 2.05) is 21.7 Å². The molecule has 0 aliphatic rings. The molecule has 143 valence electrons. The molecule has 0 saturated heterocycles. The number of nitrogens with two attached hydrogens (primary N) is 8. The Bertz CT molecular complexity index is 253. The molecule has 0 aromatic rings. The first-order valence-corrected chi connectivity index (χ1v) is 8.88. The normalized spacial score (nSPS) is 6.70. The molecule has 19 heteroatoms. The van der Waals surface area contributed by atoms with Crippen molar-refractivity contribution in [2.45, 2.75) is 0 Å². The van der Waals surface area contributed by atoms with Crippen molar-refractivity contribution in [3.05, 3.63) is 0 Å². The Hall–Kier alpha value is -0.314. The topological polar surface area (TPSA) is 256 Å². The number of nitrogens with one attached hydrogen (secondary N) is 4. The van der Waals surface area contributed by atoms with Crippen LogP contribution in [0.3, 0.4) is 0 Å². The van der Waals surface area contributed by atoms with Gasteiger partial charge in [-0.3, -0.25) is 0 Å². The third-order valence-corrected chi connectivity index (χ3v) is 1.04. The molecule has 0 saturated carbocycles. The van der Waals surface area contributed by atoms with Crippen LogP contribution in [-0.2, 0) is 12.9 Å². The van der Waals surface area contributed by atoms with Gasteiger partial charge >= 0.3 is 33.2 Å². The van der Waals surface area contributed by atoms with Crippen LogP contribution in [0.25, 0.3) is 0 Å². The van der Waals surface area contributed by atoms with Crippen molar-refractivity contribution >= 4 is 89.6 Å². The van der Waals surface area contributed by atoms with E-state index in [1.165, 1.54) is 0 Å². The Morgan fingerprint density at radius 1 is 0.565 bits per heavy atom. The number of hydrogen-bond acceptors (Lipinski definition) is 8. The van der Waals surface area contributed by atoms with Gasteiger partial charge < -0.3 is 44.6 Å². The Kier molecular flexibility index (Phi) is 49.4. The van der Waals surface area contributed by atoms with Gasteiger partial charge in [0.1, 0.15) is 0 Å². The molecular formula is C4H20Cl2CoN12S4. The van der Waals surface area contributed by atoms with Gasteiger partial charge in [-0.15, -0.1) is 0 Å². The Morgan fingerprint density at radius 2 is 0.609 bits per heavy atom. The van der Waals surface area contributed by atoms with Crippen LogP contribution in [0, 0.1) is 0 Å². The first kappa shape index (κ1) is 34.1. The molecule has 20 N–H and O–H groups in total. The average molecular weight is 494 g/mol. The van der Waals surface area contributed by atoms with Crippen molar-refractivity contribution in [2.75, 3.05) is 0 Å². The standard InChI is InChI=1S/4CH5N3S.2ClH.Co/c4*2-1(5)4-3;;;/h4*3H2,(H3,2,4,5);2*1H;/q;;;;;;+2/p-2. The zero-order valence-corrected chi connectivity index (χ0v) is 17.2. The fourth-order valence-electron chi connectivity index (χ4n) is 0. The molecule has 0 atom stereocenters. The average Bonchev–Trinajstić information content (AvgIpc) is 2.49. The second kappa shape index (κ2) is 33.3. The van der Waals surface area contributed by atoms with E-state index in [-0.39, 0.29) is 20.4 Å². The van der Waals surface area contributed by atoms with Crippen molar-refractivity contribution in [3.8, 4) is 0 Å². The fourth-order valence-corrected chi connectivity index (χ4v) is 0. The number of hydrazine groups is 4. The molecule has 0 spiro atoms.